The molecule has 4 nitrogen and oxygen atoms in total. The van der Waals surface area contributed by atoms with Crippen LogP contribution in [0, 0.1) is 47.3 Å². The molecule has 106 heavy (non-hydrogen) atoms. The molecule has 8 saturated carbocycles. The van der Waals surface area contributed by atoms with E-state index in [0.717, 1.165) is 47.3 Å². The number of rotatable bonds is 14. The molecule has 2 aromatic heterocycles. The largest absolute Gasteiger partial charge is 0.310 e. The van der Waals surface area contributed by atoms with Crippen molar-refractivity contribution in [3.05, 3.63) is 301 Å². The van der Waals surface area contributed by atoms with Gasteiger partial charge in [0.05, 0.1) is 22.1 Å². The summed E-state index contributed by atoms with van der Waals surface area (Å²) in [6.45, 7) is 0. The number of hydrogen-bond donors (Lipinski definition) is 0. The van der Waals surface area contributed by atoms with E-state index >= 15 is 0 Å². The van der Waals surface area contributed by atoms with Crippen molar-refractivity contribution in [3.8, 4) is 33.6 Å². The quantitative estimate of drug-likeness (QED) is 0.101. The fourth-order valence-corrected chi connectivity index (χ4v) is 24.2. The maximum absolute atomic E-state index is 2.74. The summed E-state index contributed by atoms with van der Waals surface area (Å²) in [7, 11) is 0. The van der Waals surface area contributed by atoms with Gasteiger partial charge in [-0.05, 0) is 323 Å². The van der Waals surface area contributed by atoms with Crippen LogP contribution in [0.1, 0.15) is 149 Å². The van der Waals surface area contributed by atoms with Crippen molar-refractivity contribution in [2.24, 2.45) is 47.3 Å². The van der Waals surface area contributed by atoms with Crippen molar-refractivity contribution >= 4 is 99.3 Å². The number of fused-ring (bicyclic) bond motifs is 16. The first kappa shape index (κ1) is 61.8. The third-order valence-corrected chi connectivity index (χ3v) is 28.7. The van der Waals surface area contributed by atoms with Crippen molar-refractivity contribution in [2.45, 2.75) is 126 Å². The topological polar surface area (TPSA) is 16.3 Å². The van der Waals surface area contributed by atoms with E-state index in [0.29, 0.717) is 23.7 Å². The summed E-state index contributed by atoms with van der Waals surface area (Å²) in [5.41, 5.74) is 25.9. The molecule has 8 aliphatic carbocycles. The van der Waals surface area contributed by atoms with Crippen LogP contribution in [0.25, 0.3) is 98.8 Å². The van der Waals surface area contributed by atoms with Crippen LogP contribution < -0.4 is 9.80 Å². The molecule has 0 saturated heterocycles. The Morgan fingerprint density at radius 1 is 0.217 bits per heavy atom. The predicted octanol–water partition coefficient (Wildman–Crippen LogP) is 28.1. The van der Waals surface area contributed by atoms with Crippen LogP contribution in [-0.2, 0) is 0 Å². The van der Waals surface area contributed by atoms with Crippen LogP contribution in [0.15, 0.2) is 279 Å². The highest BCUT2D eigenvalue weighted by atomic mass is 15.2. The molecule has 8 aliphatic rings. The second kappa shape index (κ2) is 24.6. The van der Waals surface area contributed by atoms with Gasteiger partial charge in [0.1, 0.15) is 0 Å². The van der Waals surface area contributed by atoms with E-state index in [9.17, 15) is 0 Å². The molecule has 0 amide bonds. The summed E-state index contributed by atoms with van der Waals surface area (Å²) in [4.78, 5) is 5.40. The zero-order valence-corrected chi connectivity index (χ0v) is 60.6. The molecule has 12 atom stereocenters. The van der Waals surface area contributed by atoms with Gasteiger partial charge in [0.25, 0.3) is 0 Å². The molecular formula is C102H90N4. The molecule has 12 unspecified atom stereocenters. The average Bonchev–Trinajstić information content (AvgIpc) is 0.824. The van der Waals surface area contributed by atoms with Gasteiger partial charge in [0, 0.05) is 67.0 Å². The summed E-state index contributed by atoms with van der Waals surface area (Å²) in [6, 6.07) is 109. The maximum atomic E-state index is 2.74. The number of aromatic nitrogens is 2. The molecule has 0 spiro atoms. The van der Waals surface area contributed by atoms with Crippen LogP contribution in [0.5, 0.6) is 0 Å². The smallest absolute Gasteiger partial charge is 0.0561 e. The van der Waals surface area contributed by atoms with Gasteiger partial charge in [-0.1, -0.05) is 196 Å². The molecule has 4 heteroatoms. The molecule has 13 aromatic carbocycles. The number of hydrogen-bond acceptors (Lipinski definition) is 2. The SMILES string of the molecule is c1ccc(-c2c3ccc(N(c4cc(C5CC6CCC5C6)cc(C5CC6CCC5C6)c4)c4ccc5c6ccccc6n(-c6ccccc6)c5c4)cc3c(-c3ccccc3)c3ccc(N(c4cc(C5CC6CCC5C6)cc(C5CC6CCC5C6)c4)c4ccc5c6ccccc6n(-c6ccccc6)c5c4)cc23)cc1. The first-order chi connectivity index (χ1) is 52.5. The Morgan fingerprint density at radius 2 is 0.519 bits per heavy atom. The molecule has 23 rings (SSSR count). The minimum absolute atomic E-state index is 0.600. The molecular weight excluding hydrogens is 1280 g/mol. The van der Waals surface area contributed by atoms with E-state index in [4.69, 9.17) is 0 Å². The molecule has 15 aromatic rings. The summed E-state index contributed by atoms with van der Waals surface area (Å²) in [5.74, 6) is 8.87. The van der Waals surface area contributed by atoms with Gasteiger partial charge < -0.3 is 18.9 Å². The number of nitrogens with zero attached hydrogens (tertiary/aromatic N) is 4. The van der Waals surface area contributed by atoms with Gasteiger partial charge >= 0.3 is 0 Å². The van der Waals surface area contributed by atoms with Gasteiger partial charge in [-0.15, -0.1) is 0 Å². The van der Waals surface area contributed by atoms with Crippen LogP contribution in [0.2, 0.25) is 0 Å². The first-order valence-electron chi connectivity index (χ1n) is 40.7. The van der Waals surface area contributed by atoms with Gasteiger partial charge in [0.2, 0.25) is 0 Å². The van der Waals surface area contributed by atoms with Crippen molar-refractivity contribution in [1.82, 2.24) is 9.13 Å². The molecule has 0 aliphatic heterocycles. The molecule has 8 bridgehead atoms. The van der Waals surface area contributed by atoms with E-state index in [1.807, 2.05) is 0 Å². The number of anilines is 6. The van der Waals surface area contributed by atoms with Gasteiger partial charge in [-0.2, -0.15) is 0 Å². The van der Waals surface area contributed by atoms with Crippen molar-refractivity contribution in [1.29, 1.82) is 0 Å². The van der Waals surface area contributed by atoms with E-state index in [1.165, 1.54) is 236 Å². The van der Waals surface area contributed by atoms with E-state index < -0.39 is 0 Å². The lowest BCUT2D eigenvalue weighted by atomic mass is 9.79. The maximum Gasteiger partial charge on any atom is 0.0561 e. The van der Waals surface area contributed by atoms with E-state index in [2.05, 4.69) is 298 Å². The number of para-hydroxylation sites is 4. The highest BCUT2D eigenvalue weighted by molar-refractivity contribution is 6.23. The summed E-state index contributed by atoms with van der Waals surface area (Å²) < 4.78 is 5.02. The third kappa shape index (κ3) is 9.97. The first-order valence-corrected chi connectivity index (χ1v) is 40.7. The lowest BCUT2D eigenvalue weighted by molar-refractivity contribution is 0.412. The Bertz CT molecular complexity index is 5520. The lowest BCUT2D eigenvalue weighted by Crippen LogP contribution is -2.16. The van der Waals surface area contributed by atoms with Crippen LogP contribution in [-0.4, -0.2) is 9.13 Å². The second-order valence-electron chi connectivity index (χ2n) is 34.2. The fraction of sp³-hybridized carbons (Fsp3) is 0.275. The standard InChI is InChI=1S/C102H90N4/c1-5-17-67(18-6-1)101-89-43-39-80(104(82-38-42-88-86-26-14-16-28-98(86)106(100(88)62-82)78-23-11-4-12-24-78)84-57-75(93-51-65-31-35-71(93)47-65)54-76(58-84)94-52-66-32-36-72(94)48-66)60-96(89)102(68-19-7-2-8-20-68)90-44-40-79(59-95(90)101)103(81-37-41-87-85-25-13-15-27-97(85)105(99(87)61-81)77-21-9-3-10-22-77)83-55-73(91-49-63-29-33-69(91)45-63)53-74(56-83)92-50-64-30-34-70(92)46-64/h1-28,37-44,53-66,69-72,91-94H,29-36,45-52H2. The van der Waals surface area contributed by atoms with E-state index in [1.54, 1.807) is 22.3 Å². The van der Waals surface area contributed by atoms with Crippen molar-refractivity contribution in [3.63, 3.8) is 0 Å². The van der Waals surface area contributed by atoms with Crippen LogP contribution in [0.3, 0.4) is 0 Å². The second-order valence-corrected chi connectivity index (χ2v) is 34.2. The highest BCUT2D eigenvalue weighted by Gasteiger charge is 2.46. The zero-order valence-electron chi connectivity index (χ0n) is 60.6. The molecule has 0 radical (unpaired) electrons. The Balaban J connectivity index is 0.776. The Labute approximate surface area is 623 Å². The molecule has 518 valence electrons. The monoisotopic (exact) mass is 1370 g/mol. The van der Waals surface area contributed by atoms with Crippen LogP contribution in [0.4, 0.5) is 34.1 Å². The molecule has 0 N–H and O–H groups in total. The summed E-state index contributed by atoms with van der Waals surface area (Å²) in [5, 5.41) is 10.1. The van der Waals surface area contributed by atoms with Gasteiger partial charge in [-0.3, -0.25) is 0 Å². The highest BCUT2D eigenvalue weighted by Crippen LogP contribution is 2.60. The normalized spacial score (nSPS) is 24.8. The third-order valence-electron chi connectivity index (χ3n) is 28.7. The lowest BCUT2D eigenvalue weighted by Gasteiger charge is -2.32. The number of benzene rings is 13. The average molecular weight is 1370 g/mol. The van der Waals surface area contributed by atoms with Crippen molar-refractivity contribution in [2.75, 3.05) is 9.80 Å². The molecule has 8 fully saturated rings. The fourth-order valence-electron chi connectivity index (χ4n) is 24.2. The van der Waals surface area contributed by atoms with Gasteiger partial charge in [0.15, 0.2) is 0 Å². The molecule has 2 heterocycles. The summed E-state index contributed by atoms with van der Waals surface area (Å²) in [6.07, 6.45) is 21.9. The van der Waals surface area contributed by atoms with E-state index in [-0.39, 0.29) is 0 Å². The Kier molecular flexibility index (Phi) is 14.3. The Morgan fingerprint density at radius 3 is 0.849 bits per heavy atom. The summed E-state index contributed by atoms with van der Waals surface area (Å²) >= 11 is 0. The minimum Gasteiger partial charge on any atom is -0.310 e. The predicted molar refractivity (Wildman–Crippen MR) is 443 cm³/mol. The Hall–Kier alpha value is -10.4. The zero-order chi connectivity index (χ0) is 69.2. The van der Waals surface area contributed by atoms with Gasteiger partial charge in [-0.25, -0.2) is 0 Å². The van der Waals surface area contributed by atoms with Crippen LogP contribution >= 0.6 is 0 Å². The van der Waals surface area contributed by atoms with Crippen molar-refractivity contribution < 1.29 is 0 Å². The minimum atomic E-state index is 0.600.